The van der Waals surface area contributed by atoms with E-state index in [9.17, 15) is 0 Å². The minimum Gasteiger partial charge on any atom is -0.494 e. The van der Waals surface area contributed by atoms with Gasteiger partial charge in [-0.3, -0.25) is 4.90 Å². The van der Waals surface area contributed by atoms with Gasteiger partial charge in [-0.15, -0.1) is 12.4 Å². The summed E-state index contributed by atoms with van der Waals surface area (Å²) in [5, 5.41) is 3.27. The first kappa shape index (κ1) is 18.1. The van der Waals surface area contributed by atoms with Crippen molar-refractivity contribution in [3.63, 3.8) is 0 Å². The van der Waals surface area contributed by atoms with Gasteiger partial charge < -0.3 is 14.8 Å². The van der Waals surface area contributed by atoms with Gasteiger partial charge in [0, 0.05) is 19.1 Å². The number of rotatable bonds is 8. The van der Waals surface area contributed by atoms with Crippen molar-refractivity contribution >= 4 is 12.4 Å². The summed E-state index contributed by atoms with van der Waals surface area (Å²) in [6.45, 7) is 6.69. The lowest BCUT2D eigenvalue weighted by Crippen LogP contribution is -2.38. The van der Waals surface area contributed by atoms with E-state index in [0.29, 0.717) is 12.6 Å². The van der Waals surface area contributed by atoms with Gasteiger partial charge in [-0.05, 0) is 57.6 Å². The Morgan fingerprint density at radius 2 is 1.86 bits per heavy atom. The number of nitrogens with one attached hydrogen (secondary N) is 1. The molecule has 4 nitrogen and oxygen atoms in total. The van der Waals surface area contributed by atoms with Crippen LogP contribution >= 0.6 is 12.4 Å². The summed E-state index contributed by atoms with van der Waals surface area (Å²) in [6, 6.07) is 8.53. The highest BCUT2D eigenvalue weighted by atomic mass is 35.5. The van der Waals surface area contributed by atoms with Crippen molar-refractivity contribution < 1.29 is 9.47 Å². The number of likely N-dealkylation sites (tertiary alicyclic amines) is 1. The molecule has 2 rings (SSSR count). The maximum absolute atomic E-state index is 5.81. The molecule has 0 saturated carbocycles. The summed E-state index contributed by atoms with van der Waals surface area (Å²) in [5.41, 5.74) is 0. The van der Waals surface area contributed by atoms with Gasteiger partial charge in [-0.2, -0.15) is 0 Å². The van der Waals surface area contributed by atoms with Crippen LogP contribution in [0.4, 0.5) is 0 Å². The molecule has 1 aliphatic heterocycles. The lowest BCUT2D eigenvalue weighted by molar-refractivity contribution is 0.195. The maximum Gasteiger partial charge on any atom is 0.119 e. The zero-order valence-corrected chi connectivity index (χ0v) is 13.8. The van der Waals surface area contributed by atoms with Gasteiger partial charge in [0.25, 0.3) is 0 Å². The van der Waals surface area contributed by atoms with Crippen LogP contribution in [-0.4, -0.2) is 50.8 Å². The molecule has 1 saturated heterocycles. The van der Waals surface area contributed by atoms with Crippen molar-refractivity contribution in [1.29, 1.82) is 0 Å². The number of hydrogen-bond donors (Lipinski definition) is 1. The van der Waals surface area contributed by atoms with Crippen LogP contribution < -0.4 is 14.8 Å². The molecular formula is C16H27ClN2O2. The molecule has 120 valence electrons. The van der Waals surface area contributed by atoms with E-state index in [1.165, 1.54) is 19.4 Å². The Labute approximate surface area is 134 Å². The van der Waals surface area contributed by atoms with Crippen molar-refractivity contribution in [3.05, 3.63) is 24.3 Å². The van der Waals surface area contributed by atoms with E-state index in [1.807, 2.05) is 38.2 Å². The van der Waals surface area contributed by atoms with E-state index in [2.05, 4.69) is 10.2 Å². The van der Waals surface area contributed by atoms with E-state index < -0.39 is 0 Å². The highest BCUT2D eigenvalue weighted by Gasteiger charge is 2.23. The van der Waals surface area contributed by atoms with E-state index in [1.54, 1.807) is 0 Å². The molecule has 0 spiro atoms. The van der Waals surface area contributed by atoms with Crippen molar-refractivity contribution in [2.75, 3.05) is 39.9 Å². The van der Waals surface area contributed by atoms with Crippen molar-refractivity contribution in [2.45, 2.75) is 25.8 Å². The molecule has 0 aliphatic carbocycles. The molecule has 1 aromatic rings. The zero-order chi connectivity index (χ0) is 14.2. The smallest absolute Gasteiger partial charge is 0.119 e. The topological polar surface area (TPSA) is 33.7 Å². The molecule has 0 bridgehead atoms. The average Bonchev–Trinajstić information content (AvgIpc) is 2.89. The van der Waals surface area contributed by atoms with Crippen LogP contribution in [0.5, 0.6) is 11.5 Å². The molecule has 1 unspecified atom stereocenters. The first-order valence-electron chi connectivity index (χ1n) is 7.57. The number of likely N-dealkylation sites (N-methyl/N-ethyl adjacent to an activating group) is 1. The third-order valence-electron chi connectivity index (χ3n) is 3.72. The van der Waals surface area contributed by atoms with E-state index in [4.69, 9.17) is 9.47 Å². The number of hydrogen-bond acceptors (Lipinski definition) is 4. The first-order valence-corrected chi connectivity index (χ1v) is 7.57. The average molecular weight is 315 g/mol. The van der Waals surface area contributed by atoms with Gasteiger partial charge in [0.05, 0.1) is 6.61 Å². The Hall–Kier alpha value is -0.970. The molecule has 1 aromatic carbocycles. The van der Waals surface area contributed by atoms with E-state index in [-0.39, 0.29) is 12.4 Å². The Balaban J connectivity index is 0.00000220. The van der Waals surface area contributed by atoms with Crippen LogP contribution in [-0.2, 0) is 0 Å². The molecule has 0 aromatic heterocycles. The fraction of sp³-hybridized carbons (Fsp3) is 0.625. The maximum atomic E-state index is 5.81. The van der Waals surface area contributed by atoms with Gasteiger partial charge in [-0.25, -0.2) is 0 Å². The molecule has 0 amide bonds. The Bertz CT molecular complexity index is 386. The minimum absolute atomic E-state index is 0. The van der Waals surface area contributed by atoms with E-state index in [0.717, 1.165) is 31.2 Å². The summed E-state index contributed by atoms with van der Waals surface area (Å²) in [5.74, 6) is 1.81. The highest BCUT2D eigenvalue weighted by molar-refractivity contribution is 5.85. The van der Waals surface area contributed by atoms with Gasteiger partial charge in [0.15, 0.2) is 0 Å². The minimum atomic E-state index is 0. The number of ether oxygens (including phenoxy) is 2. The molecule has 1 N–H and O–H groups in total. The highest BCUT2D eigenvalue weighted by Crippen LogP contribution is 2.19. The molecule has 1 aliphatic rings. The number of benzene rings is 1. The molecule has 21 heavy (non-hydrogen) atoms. The van der Waals surface area contributed by atoms with Crippen LogP contribution in [0, 0.1) is 0 Å². The van der Waals surface area contributed by atoms with Gasteiger partial charge in [-0.1, -0.05) is 0 Å². The molecule has 5 heteroatoms. The van der Waals surface area contributed by atoms with Crippen LogP contribution in [0.1, 0.15) is 19.8 Å². The van der Waals surface area contributed by atoms with Gasteiger partial charge in [0.1, 0.15) is 18.1 Å². The number of nitrogens with zero attached hydrogens (tertiary/aromatic N) is 1. The fourth-order valence-electron chi connectivity index (χ4n) is 2.74. The van der Waals surface area contributed by atoms with Crippen LogP contribution in [0.25, 0.3) is 0 Å². The van der Waals surface area contributed by atoms with Crippen molar-refractivity contribution in [1.82, 2.24) is 10.2 Å². The quantitative estimate of drug-likeness (QED) is 0.799. The van der Waals surface area contributed by atoms with Crippen molar-refractivity contribution in [3.8, 4) is 11.5 Å². The zero-order valence-electron chi connectivity index (χ0n) is 13.0. The molecule has 1 heterocycles. The lowest BCUT2D eigenvalue weighted by Gasteiger charge is -2.24. The third kappa shape index (κ3) is 5.73. The third-order valence-corrected chi connectivity index (χ3v) is 3.72. The van der Waals surface area contributed by atoms with Gasteiger partial charge >= 0.3 is 0 Å². The Morgan fingerprint density at radius 3 is 2.48 bits per heavy atom. The fourth-order valence-corrected chi connectivity index (χ4v) is 2.74. The molecule has 1 fully saturated rings. The largest absolute Gasteiger partial charge is 0.494 e. The molecule has 1 atom stereocenters. The van der Waals surface area contributed by atoms with E-state index >= 15 is 0 Å². The second kappa shape index (κ2) is 9.87. The van der Waals surface area contributed by atoms with Gasteiger partial charge in [0.2, 0.25) is 0 Å². The molecular weight excluding hydrogens is 288 g/mol. The predicted octanol–water partition coefficient (Wildman–Crippen LogP) is 2.57. The Kier molecular flexibility index (Phi) is 8.50. The lowest BCUT2D eigenvalue weighted by atomic mass is 10.2. The van der Waals surface area contributed by atoms with Crippen molar-refractivity contribution in [2.24, 2.45) is 0 Å². The molecule has 0 radical (unpaired) electrons. The van der Waals surface area contributed by atoms with Crippen LogP contribution in [0.3, 0.4) is 0 Å². The summed E-state index contributed by atoms with van der Waals surface area (Å²) >= 11 is 0. The summed E-state index contributed by atoms with van der Waals surface area (Å²) in [6.07, 6.45) is 2.60. The summed E-state index contributed by atoms with van der Waals surface area (Å²) < 4.78 is 11.2. The second-order valence-electron chi connectivity index (χ2n) is 5.14. The summed E-state index contributed by atoms with van der Waals surface area (Å²) in [4.78, 5) is 2.52. The Morgan fingerprint density at radius 1 is 1.19 bits per heavy atom. The second-order valence-corrected chi connectivity index (χ2v) is 5.14. The summed E-state index contributed by atoms with van der Waals surface area (Å²) in [7, 11) is 2.02. The standard InChI is InChI=1S/C16H26N2O2.ClH/c1-3-19-15-6-8-16(9-7-15)20-12-11-18-10-4-5-14(18)13-17-2;/h6-9,14,17H,3-5,10-13H2,1-2H3;1H. The number of halogens is 1. The SMILES string of the molecule is CCOc1ccc(OCCN2CCCC2CNC)cc1.Cl. The van der Waals surface area contributed by atoms with Crippen LogP contribution in [0.15, 0.2) is 24.3 Å². The van der Waals surface area contributed by atoms with Crippen LogP contribution in [0.2, 0.25) is 0 Å². The predicted molar refractivity (Wildman–Crippen MR) is 88.9 cm³/mol. The normalized spacial score (nSPS) is 18.3. The first-order chi connectivity index (χ1) is 9.83. The monoisotopic (exact) mass is 314 g/mol.